The van der Waals surface area contributed by atoms with Crippen LogP contribution in [0.4, 0.5) is 0 Å². The molecule has 0 atom stereocenters. The molecule has 168 valence electrons. The summed E-state index contributed by atoms with van der Waals surface area (Å²) in [5, 5.41) is 0. The molecule has 0 saturated carbocycles. The van der Waals surface area contributed by atoms with Crippen LogP contribution < -0.4 is 4.74 Å². The van der Waals surface area contributed by atoms with Crippen molar-refractivity contribution in [1.29, 1.82) is 0 Å². The molecule has 0 aliphatic rings. The van der Waals surface area contributed by atoms with E-state index in [9.17, 15) is 0 Å². The third-order valence-corrected chi connectivity index (χ3v) is 6.03. The van der Waals surface area contributed by atoms with Crippen molar-refractivity contribution in [3.05, 3.63) is 102 Å². The molecule has 0 fully saturated rings. The second-order valence-corrected chi connectivity index (χ2v) is 8.16. The molecule has 0 spiro atoms. The maximum atomic E-state index is 6.10. The average molecular weight is 448 g/mol. The lowest BCUT2D eigenvalue weighted by Crippen LogP contribution is -2.27. The normalized spacial score (nSPS) is 12.0. The Labute approximate surface area is 198 Å². The summed E-state index contributed by atoms with van der Waals surface area (Å²) in [7, 11) is 0. The lowest BCUT2D eigenvalue weighted by Gasteiger charge is -2.19. The van der Waals surface area contributed by atoms with Crippen molar-refractivity contribution >= 4 is 22.7 Å². The third kappa shape index (κ3) is 6.72. The van der Waals surface area contributed by atoms with E-state index >= 15 is 0 Å². The van der Waals surface area contributed by atoms with Gasteiger partial charge in [0.1, 0.15) is 12.4 Å². The van der Waals surface area contributed by atoms with Crippen LogP contribution in [0.5, 0.6) is 5.75 Å². The number of ether oxygens (including phenoxy) is 1. The van der Waals surface area contributed by atoms with Gasteiger partial charge in [-0.15, -0.1) is 11.6 Å². The number of alkyl halides is 1. The monoisotopic (exact) mass is 447 g/mol. The summed E-state index contributed by atoms with van der Waals surface area (Å²) in [6.07, 6.45) is 1.87. The van der Waals surface area contributed by atoms with Gasteiger partial charge in [-0.05, 0) is 65.9 Å². The molecule has 3 rings (SSSR count). The molecule has 3 aromatic rings. The summed E-state index contributed by atoms with van der Waals surface area (Å²) in [6.45, 7) is 8.12. The zero-order chi connectivity index (χ0) is 22.6. The van der Waals surface area contributed by atoms with Gasteiger partial charge in [0.2, 0.25) is 0 Å². The Kier molecular flexibility index (Phi) is 9.87. The number of allylic oxidation sites excluding steroid dienone is 1. The van der Waals surface area contributed by atoms with E-state index in [0.717, 1.165) is 38.2 Å². The third-order valence-electron chi connectivity index (χ3n) is 5.76. The van der Waals surface area contributed by atoms with Gasteiger partial charge < -0.3 is 9.64 Å². The summed E-state index contributed by atoms with van der Waals surface area (Å²) in [5.74, 6) is 1.56. The number of likely N-dealkylation sites (N-methyl/N-ethyl adjacent to an activating group) is 1. The number of nitrogens with zero attached hydrogens (tertiary/aromatic N) is 1. The lowest BCUT2D eigenvalue weighted by atomic mass is 9.87. The fraction of sp³-hybridized carbons (Fsp3) is 0.310. The fourth-order valence-corrected chi connectivity index (χ4v) is 4.10. The zero-order valence-corrected chi connectivity index (χ0v) is 20.0. The van der Waals surface area contributed by atoms with Crippen molar-refractivity contribution in [3.8, 4) is 5.75 Å². The fourth-order valence-electron chi connectivity index (χ4n) is 3.97. The molecule has 0 aliphatic heterocycles. The first-order valence-corrected chi connectivity index (χ1v) is 12.2. The minimum Gasteiger partial charge on any atom is -0.492 e. The molecule has 0 bridgehead atoms. The molecule has 0 amide bonds. The van der Waals surface area contributed by atoms with Crippen LogP contribution >= 0.6 is 11.6 Å². The van der Waals surface area contributed by atoms with Crippen LogP contribution in [0.1, 0.15) is 43.4 Å². The van der Waals surface area contributed by atoms with Gasteiger partial charge in [-0.1, -0.05) is 86.6 Å². The maximum Gasteiger partial charge on any atom is 0.119 e. The molecule has 0 aromatic heterocycles. The first kappa shape index (κ1) is 24.1. The van der Waals surface area contributed by atoms with Gasteiger partial charge in [0.15, 0.2) is 0 Å². The van der Waals surface area contributed by atoms with Crippen molar-refractivity contribution in [2.75, 3.05) is 32.1 Å². The minimum absolute atomic E-state index is 0.651. The molecule has 0 heterocycles. The van der Waals surface area contributed by atoms with Crippen molar-refractivity contribution < 1.29 is 4.74 Å². The van der Waals surface area contributed by atoms with E-state index in [1.807, 2.05) is 0 Å². The van der Waals surface area contributed by atoms with Crippen LogP contribution in [0.25, 0.3) is 11.1 Å². The highest BCUT2D eigenvalue weighted by atomic mass is 35.5. The Morgan fingerprint density at radius 3 is 1.88 bits per heavy atom. The SMILES string of the molecule is CCN(CC)CCOc1ccc(C(=C(CCCCl)c2ccccc2)c2ccccc2)cc1. The van der Waals surface area contributed by atoms with Crippen LogP contribution in [0, 0.1) is 0 Å². The molecule has 32 heavy (non-hydrogen) atoms. The lowest BCUT2D eigenvalue weighted by molar-refractivity contribution is 0.223. The minimum atomic E-state index is 0.651. The van der Waals surface area contributed by atoms with Crippen molar-refractivity contribution in [3.63, 3.8) is 0 Å². The van der Waals surface area contributed by atoms with Crippen LogP contribution in [-0.4, -0.2) is 37.0 Å². The average Bonchev–Trinajstić information content (AvgIpc) is 2.86. The Morgan fingerprint density at radius 2 is 1.31 bits per heavy atom. The molecular weight excluding hydrogens is 414 g/mol. The standard InChI is InChI=1S/C29H34ClNO/c1-3-31(4-2)22-23-32-27-19-17-26(18-20-27)29(25-14-9-6-10-15-25)28(16-11-21-30)24-12-7-5-8-13-24/h5-10,12-15,17-20H,3-4,11,16,21-23H2,1-2H3. The molecular formula is C29H34ClNO. The van der Waals surface area contributed by atoms with Crippen molar-refractivity contribution in [2.45, 2.75) is 26.7 Å². The highest BCUT2D eigenvalue weighted by Crippen LogP contribution is 2.35. The number of halogens is 1. The molecule has 0 radical (unpaired) electrons. The molecule has 3 heteroatoms. The van der Waals surface area contributed by atoms with E-state index in [1.54, 1.807) is 0 Å². The number of benzene rings is 3. The predicted octanol–water partition coefficient (Wildman–Crippen LogP) is 7.39. The van der Waals surface area contributed by atoms with Gasteiger partial charge in [0.25, 0.3) is 0 Å². The van der Waals surface area contributed by atoms with Crippen LogP contribution in [-0.2, 0) is 0 Å². The van der Waals surface area contributed by atoms with Crippen molar-refractivity contribution in [1.82, 2.24) is 4.90 Å². The van der Waals surface area contributed by atoms with Gasteiger partial charge in [-0.2, -0.15) is 0 Å². The quantitative estimate of drug-likeness (QED) is 0.212. The molecule has 0 N–H and O–H groups in total. The van der Waals surface area contributed by atoms with Gasteiger partial charge in [-0.3, -0.25) is 0 Å². The largest absolute Gasteiger partial charge is 0.492 e. The van der Waals surface area contributed by atoms with E-state index < -0.39 is 0 Å². The van der Waals surface area contributed by atoms with Crippen LogP contribution in [0.2, 0.25) is 0 Å². The smallest absolute Gasteiger partial charge is 0.119 e. The number of hydrogen-bond donors (Lipinski definition) is 0. The summed E-state index contributed by atoms with van der Waals surface area (Å²) in [5.41, 5.74) is 6.25. The van der Waals surface area contributed by atoms with Crippen LogP contribution in [0.3, 0.4) is 0 Å². The Hall–Kier alpha value is -2.55. The predicted molar refractivity (Wildman–Crippen MR) is 138 cm³/mol. The molecule has 0 unspecified atom stereocenters. The zero-order valence-electron chi connectivity index (χ0n) is 19.3. The first-order valence-electron chi connectivity index (χ1n) is 11.6. The van der Waals surface area contributed by atoms with Crippen LogP contribution in [0.15, 0.2) is 84.9 Å². The Bertz CT molecular complexity index is 947. The number of rotatable bonds is 12. The summed E-state index contributed by atoms with van der Waals surface area (Å²) < 4.78 is 6.02. The highest BCUT2D eigenvalue weighted by molar-refractivity contribution is 6.17. The van der Waals surface area contributed by atoms with Gasteiger partial charge >= 0.3 is 0 Å². The van der Waals surface area contributed by atoms with E-state index in [1.165, 1.54) is 27.8 Å². The first-order chi connectivity index (χ1) is 15.8. The molecule has 0 saturated heterocycles. The molecule has 0 aliphatic carbocycles. The Balaban J connectivity index is 1.95. The van der Waals surface area contributed by atoms with E-state index in [2.05, 4.69) is 104 Å². The topological polar surface area (TPSA) is 12.5 Å². The second-order valence-electron chi connectivity index (χ2n) is 7.78. The van der Waals surface area contributed by atoms with E-state index in [0.29, 0.717) is 12.5 Å². The Morgan fingerprint density at radius 1 is 0.750 bits per heavy atom. The highest BCUT2D eigenvalue weighted by Gasteiger charge is 2.14. The van der Waals surface area contributed by atoms with E-state index in [4.69, 9.17) is 16.3 Å². The summed E-state index contributed by atoms with van der Waals surface area (Å²) in [6, 6.07) is 29.8. The van der Waals surface area contributed by atoms with E-state index in [-0.39, 0.29) is 0 Å². The molecule has 3 aromatic carbocycles. The summed E-state index contributed by atoms with van der Waals surface area (Å²) in [4.78, 5) is 2.37. The van der Waals surface area contributed by atoms with Crippen molar-refractivity contribution in [2.24, 2.45) is 0 Å². The van der Waals surface area contributed by atoms with Gasteiger partial charge in [0, 0.05) is 12.4 Å². The second kappa shape index (κ2) is 13.1. The molecule has 2 nitrogen and oxygen atoms in total. The summed E-state index contributed by atoms with van der Waals surface area (Å²) >= 11 is 6.10. The van der Waals surface area contributed by atoms with Gasteiger partial charge in [-0.25, -0.2) is 0 Å². The number of hydrogen-bond acceptors (Lipinski definition) is 2. The van der Waals surface area contributed by atoms with Gasteiger partial charge in [0.05, 0.1) is 0 Å². The maximum absolute atomic E-state index is 6.10.